The highest BCUT2D eigenvalue weighted by atomic mass is 16.3. The highest BCUT2D eigenvalue weighted by Crippen LogP contribution is 2.21. The van der Waals surface area contributed by atoms with Gasteiger partial charge < -0.3 is 10.4 Å². The van der Waals surface area contributed by atoms with Gasteiger partial charge in [0.25, 0.3) is 0 Å². The molecule has 0 aliphatic heterocycles. The first-order valence-electron chi connectivity index (χ1n) is 7.91. The van der Waals surface area contributed by atoms with E-state index in [4.69, 9.17) is 0 Å². The highest BCUT2D eigenvalue weighted by molar-refractivity contribution is 5.30. The van der Waals surface area contributed by atoms with Crippen LogP contribution in [0.2, 0.25) is 0 Å². The van der Waals surface area contributed by atoms with E-state index in [9.17, 15) is 5.11 Å². The van der Waals surface area contributed by atoms with Crippen molar-refractivity contribution in [1.29, 1.82) is 0 Å². The zero-order chi connectivity index (χ0) is 15.9. The second-order valence-electron chi connectivity index (χ2n) is 5.70. The summed E-state index contributed by atoms with van der Waals surface area (Å²) in [5, 5.41) is 13.2. The van der Waals surface area contributed by atoms with Gasteiger partial charge in [-0.15, -0.1) is 0 Å². The highest BCUT2D eigenvalue weighted by Gasteiger charge is 2.12. The van der Waals surface area contributed by atoms with Gasteiger partial charge in [0.05, 0.1) is 0 Å². The van der Waals surface area contributed by atoms with E-state index in [0.717, 1.165) is 13.0 Å². The summed E-state index contributed by atoms with van der Waals surface area (Å²) >= 11 is 0. The van der Waals surface area contributed by atoms with E-state index in [2.05, 4.69) is 53.8 Å². The third-order valence-electron chi connectivity index (χ3n) is 3.97. The zero-order valence-corrected chi connectivity index (χ0v) is 13.0. The molecule has 1 atom stereocenters. The standard InChI is InChI=1S/C21H21NO/c23-20-13-11-19(12-14-20)21(15-17-7-3-1-4-8-17)22-16-18-9-5-2-6-10-18/h1-14,21-23H,15-16H2/t21-/m1/s1. The Morgan fingerprint density at radius 1 is 0.696 bits per heavy atom. The molecule has 0 saturated heterocycles. The van der Waals surface area contributed by atoms with Crippen molar-refractivity contribution >= 4 is 0 Å². The molecular weight excluding hydrogens is 282 g/mol. The number of phenolic OH excluding ortho intramolecular Hbond substituents is 1. The lowest BCUT2D eigenvalue weighted by atomic mass is 9.98. The van der Waals surface area contributed by atoms with Gasteiger partial charge in [-0.05, 0) is 35.2 Å². The summed E-state index contributed by atoms with van der Waals surface area (Å²) in [5.41, 5.74) is 3.75. The number of hydrogen-bond donors (Lipinski definition) is 2. The SMILES string of the molecule is Oc1ccc([C@@H](Cc2ccccc2)NCc2ccccc2)cc1. The third kappa shape index (κ3) is 4.44. The summed E-state index contributed by atoms with van der Waals surface area (Å²) in [6.07, 6.45) is 0.915. The van der Waals surface area contributed by atoms with E-state index in [1.807, 2.05) is 24.3 Å². The number of benzene rings is 3. The topological polar surface area (TPSA) is 32.3 Å². The smallest absolute Gasteiger partial charge is 0.115 e. The number of aromatic hydroxyl groups is 1. The first kappa shape index (κ1) is 15.3. The molecule has 0 amide bonds. The summed E-state index contributed by atoms with van der Waals surface area (Å²) in [7, 11) is 0. The van der Waals surface area contributed by atoms with E-state index >= 15 is 0 Å². The Morgan fingerprint density at radius 3 is 1.87 bits per heavy atom. The molecule has 2 nitrogen and oxygen atoms in total. The van der Waals surface area contributed by atoms with E-state index in [1.54, 1.807) is 12.1 Å². The molecule has 0 radical (unpaired) electrons. The Morgan fingerprint density at radius 2 is 1.26 bits per heavy atom. The summed E-state index contributed by atoms with van der Waals surface area (Å²) in [4.78, 5) is 0. The van der Waals surface area contributed by atoms with Crippen LogP contribution < -0.4 is 5.32 Å². The van der Waals surface area contributed by atoms with Gasteiger partial charge in [0.2, 0.25) is 0 Å². The second kappa shape index (κ2) is 7.61. The summed E-state index contributed by atoms with van der Waals surface area (Å²) < 4.78 is 0. The van der Waals surface area contributed by atoms with Crippen LogP contribution in [0.5, 0.6) is 5.75 Å². The minimum Gasteiger partial charge on any atom is -0.508 e. The third-order valence-corrected chi connectivity index (χ3v) is 3.97. The van der Waals surface area contributed by atoms with Crippen molar-refractivity contribution in [3.8, 4) is 5.75 Å². The van der Waals surface area contributed by atoms with Crippen molar-refractivity contribution in [3.63, 3.8) is 0 Å². The molecule has 2 N–H and O–H groups in total. The Hall–Kier alpha value is -2.58. The van der Waals surface area contributed by atoms with E-state index in [1.165, 1.54) is 16.7 Å². The maximum absolute atomic E-state index is 9.52. The molecule has 3 aromatic carbocycles. The fourth-order valence-corrected chi connectivity index (χ4v) is 2.70. The molecule has 2 heteroatoms. The van der Waals surface area contributed by atoms with Crippen LogP contribution in [0.3, 0.4) is 0 Å². The van der Waals surface area contributed by atoms with E-state index < -0.39 is 0 Å². The van der Waals surface area contributed by atoms with Crippen LogP contribution in [0.1, 0.15) is 22.7 Å². The molecule has 3 rings (SSSR count). The van der Waals surface area contributed by atoms with E-state index in [-0.39, 0.29) is 6.04 Å². The van der Waals surface area contributed by atoms with E-state index in [0.29, 0.717) is 5.75 Å². The first-order valence-corrected chi connectivity index (χ1v) is 7.91. The fraction of sp³-hybridized carbons (Fsp3) is 0.143. The number of phenols is 1. The Labute approximate surface area is 137 Å². The first-order chi connectivity index (χ1) is 11.3. The van der Waals surface area contributed by atoms with Gasteiger partial charge in [-0.1, -0.05) is 72.8 Å². The second-order valence-corrected chi connectivity index (χ2v) is 5.70. The van der Waals surface area contributed by atoms with Gasteiger partial charge in [-0.2, -0.15) is 0 Å². The van der Waals surface area contributed by atoms with Crippen molar-refractivity contribution in [2.45, 2.75) is 19.0 Å². The normalized spacial score (nSPS) is 12.0. The minimum absolute atomic E-state index is 0.207. The minimum atomic E-state index is 0.207. The summed E-state index contributed by atoms with van der Waals surface area (Å²) in [6, 6.07) is 28.6. The summed E-state index contributed by atoms with van der Waals surface area (Å²) in [5.74, 6) is 0.301. The van der Waals surface area contributed by atoms with Crippen LogP contribution in [0, 0.1) is 0 Å². The fourth-order valence-electron chi connectivity index (χ4n) is 2.70. The summed E-state index contributed by atoms with van der Waals surface area (Å²) in [6.45, 7) is 0.819. The molecule has 0 aromatic heterocycles. The molecule has 0 spiro atoms. The quantitative estimate of drug-likeness (QED) is 0.704. The van der Waals surface area contributed by atoms with Gasteiger partial charge >= 0.3 is 0 Å². The van der Waals surface area contributed by atoms with Gasteiger partial charge in [-0.25, -0.2) is 0 Å². The molecule has 116 valence electrons. The molecule has 3 aromatic rings. The lowest BCUT2D eigenvalue weighted by molar-refractivity contribution is 0.473. The number of rotatable bonds is 6. The van der Waals surface area contributed by atoms with Crippen molar-refractivity contribution in [2.24, 2.45) is 0 Å². The van der Waals surface area contributed by atoms with Crippen LogP contribution >= 0.6 is 0 Å². The molecule has 0 fully saturated rings. The van der Waals surface area contributed by atoms with Gasteiger partial charge in [-0.3, -0.25) is 0 Å². The monoisotopic (exact) mass is 303 g/mol. The maximum atomic E-state index is 9.52. The molecule has 0 heterocycles. The molecule has 0 saturated carbocycles. The average Bonchev–Trinajstić information content (AvgIpc) is 2.61. The van der Waals surface area contributed by atoms with Gasteiger partial charge in [0, 0.05) is 12.6 Å². The van der Waals surface area contributed by atoms with Crippen LogP contribution in [0.15, 0.2) is 84.9 Å². The van der Waals surface area contributed by atoms with Crippen molar-refractivity contribution in [2.75, 3.05) is 0 Å². The van der Waals surface area contributed by atoms with Crippen LogP contribution in [-0.4, -0.2) is 5.11 Å². The van der Waals surface area contributed by atoms with Crippen LogP contribution in [-0.2, 0) is 13.0 Å². The predicted molar refractivity (Wildman–Crippen MR) is 94.3 cm³/mol. The van der Waals surface area contributed by atoms with Crippen molar-refractivity contribution in [3.05, 3.63) is 102 Å². The maximum Gasteiger partial charge on any atom is 0.115 e. The van der Waals surface area contributed by atoms with Gasteiger partial charge in [0.1, 0.15) is 5.75 Å². The van der Waals surface area contributed by atoms with Crippen molar-refractivity contribution in [1.82, 2.24) is 5.32 Å². The van der Waals surface area contributed by atoms with Crippen molar-refractivity contribution < 1.29 is 5.11 Å². The molecular formula is C21H21NO. The van der Waals surface area contributed by atoms with Crippen LogP contribution in [0.4, 0.5) is 0 Å². The molecule has 0 aliphatic rings. The Balaban J connectivity index is 1.76. The molecule has 0 aliphatic carbocycles. The number of nitrogens with one attached hydrogen (secondary N) is 1. The average molecular weight is 303 g/mol. The lowest BCUT2D eigenvalue weighted by Crippen LogP contribution is -2.23. The van der Waals surface area contributed by atoms with Crippen LogP contribution in [0.25, 0.3) is 0 Å². The zero-order valence-electron chi connectivity index (χ0n) is 13.0. The Kier molecular flexibility index (Phi) is 5.07. The molecule has 23 heavy (non-hydrogen) atoms. The predicted octanol–water partition coefficient (Wildman–Crippen LogP) is 4.47. The molecule has 0 bridgehead atoms. The Bertz CT molecular complexity index is 708. The molecule has 0 unspecified atom stereocenters. The van der Waals surface area contributed by atoms with Gasteiger partial charge in [0.15, 0.2) is 0 Å². The largest absolute Gasteiger partial charge is 0.508 e. The lowest BCUT2D eigenvalue weighted by Gasteiger charge is -2.20. The number of hydrogen-bond acceptors (Lipinski definition) is 2.